The van der Waals surface area contributed by atoms with Crippen molar-refractivity contribution in [1.82, 2.24) is 0 Å². The predicted octanol–water partition coefficient (Wildman–Crippen LogP) is 1.62. The van der Waals surface area contributed by atoms with E-state index in [2.05, 4.69) is 4.74 Å². The van der Waals surface area contributed by atoms with E-state index >= 15 is 0 Å². The topological polar surface area (TPSA) is 121 Å². The summed E-state index contributed by atoms with van der Waals surface area (Å²) < 4.78 is 18.7. The highest BCUT2D eigenvalue weighted by Crippen LogP contribution is 2.40. The molecule has 0 amide bonds. The molecule has 0 aliphatic carbocycles. The van der Waals surface area contributed by atoms with Gasteiger partial charge in [0.1, 0.15) is 5.82 Å². The first kappa shape index (κ1) is 20.7. The van der Waals surface area contributed by atoms with E-state index in [0.29, 0.717) is 11.8 Å². The van der Waals surface area contributed by atoms with Gasteiger partial charge in [-0.2, -0.15) is 0 Å². The molecule has 0 aromatic heterocycles. The lowest BCUT2D eigenvalue weighted by Gasteiger charge is -2.28. The molecule has 1 atom stereocenters. The fourth-order valence-electron chi connectivity index (χ4n) is 1.93. The van der Waals surface area contributed by atoms with Crippen molar-refractivity contribution in [2.45, 2.75) is 17.8 Å². The summed E-state index contributed by atoms with van der Waals surface area (Å²) in [4.78, 5) is 33.9. The Balaban J connectivity index is 3.13. The van der Waals surface area contributed by atoms with Crippen molar-refractivity contribution in [2.75, 3.05) is 12.4 Å². The molecule has 7 nitrogen and oxygen atoms in total. The molecule has 9 heteroatoms. The van der Waals surface area contributed by atoms with Gasteiger partial charge in [-0.15, -0.1) is 11.8 Å². The molecule has 0 aliphatic heterocycles. The summed E-state index contributed by atoms with van der Waals surface area (Å²) in [5.74, 6) is -5.57. The molecule has 1 aromatic rings. The van der Waals surface area contributed by atoms with E-state index in [4.69, 9.17) is 0 Å². The fourth-order valence-corrected chi connectivity index (χ4v) is 3.14. The lowest BCUT2D eigenvalue weighted by atomic mass is 9.93. The van der Waals surface area contributed by atoms with Gasteiger partial charge in [0.05, 0.1) is 11.9 Å². The Labute approximate surface area is 147 Å². The van der Waals surface area contributed by atoms with Gasteiger partial charge < -0.3 is 20.1 Å². The van der Waals surface area contributed by atoms with Crippen molar-refractivity contribution in [2.24, 2.45) is 0 Å². The van der Waals surface area contributed by atoms with Gasteiger partial charge in [-0.1, -0.05) is 24.3 Å². The molecule has 0 saturated heterocycles. The van der Waals surface area contributed by atoms with Gasteiger partial charge in [-0.05, 0) is 13.0 Å². The first-order chi connectivity index (χ1) is 11.7. The Bertz CT molecular complexity index is 660. The van der Waals surface area contributed by atoms with E-state index in [1.807, 2.05) is 0 Å². The molecule has 3 N–H and O–H groups in total. The monoisotopic (exact) mass is 372 g/mol. The Morgan fingerprint density at radius 1 is 1.28 bits per heavy atom. The number of carboxylic acid groups (broad SMARTS) is 2. The maximum absolute atomic E-state index is 14.0. The standard InChI is InChI=1S/C16H17FO7S/c1-2-24-12(18)8-5-9-25-13(10-6-3-4-7-11(10)17)16(23,14(19)20)15(21)22/h3-8,13,23H,2,9H2,1H3,(H,19,20)(H,21,22)/b8-5+. The van der Waals surface area contributed by atoms with E-state index in [1.165, 1.54) is 24.3 Å². The number of carbonyl (C=O) groups excluding carboxylic acids is 1. The maximum Gasteiger partial charge on any atom is 0.349 e. The van der Waals surface area contributed by atoms with Crippen LogP contribution in [-0.4, -0.2) is 51.2 Å². The summed E-state index contributed by atoms with van der Waals surface area (Å²) in [6.45, 7) is 1.79. The smallest absolute Gasteiger partial charge is 0.349 e. The SMILES string of the molecule is CCOC(=O)/C=C/CSC(c1ccccc1F)C(O)(C(=O)O)C(=O)O. The molecule has 0 aliphatic rings. The second-order valence-electron chi connectivity index (χ2n) is 4.77. The van der Waals surface area contributed by atoms with Crippen LogP contribution in [-0.2, 0) is 19.1 Å². The number of benzene rings is 1. The van der Waals surface area contributed by atoms with Gasteiger partial charge in [0.15, 0.2) is 0 Å². The predicted molar refractivity (Wildman–Crippen MR) is 87.6 cm³/mol. The minimum absolute atomic E-state index is 0.0549. The second kappa shape index (κ2) is 9.19. The number of aliphatic hydroxyl groups is 1. The summed E-state index contributed by atoms with van der Waals surface area (Å²) in [5.41, 5.74) is -3.52. The summed E-state index contributed by atoms with van der Waals surface area (Å²) in [7, 11) is 0. The van der Waals surface area contributed by atoms with Crippen molar-refractivity contribution in [3.05, 3.63) is 47.8 Å². The van der Waals surface area contributed by atoms with Crippen LogP contribution in [0, 0.1) is 5.82 Å². The van der Waals surface area contributed by atoms with Crippen LogP contribution in [0.15, 0.2) is 36.4 Å². The molecule has 1 rings (SSSR count). The summed E-state index contributed by atoms with van der Waals surface area (Å²) >= 11 is 0.666. The van der Waals surface area contributed by atoms with Crippen LogP contribution in [0.3, 0.4) is 0 Å². The maximum atomic E-state index is 14.0. The zero-order valence-electron chi connectivity index (χ0n) is 13.2. The lowest BCUT2D eigenvalue weighted by molar-refractivity contribution is -0.176. The van der Waals surface area contributed by atoms with E-state index in [1.54, 1.807) is 6.92 Å². The molecule has 0 fully saturated rings. The number of aliphatic carboxylic acids is 2. The zero-order valence-corrected chi connectivity index (χ0v) is 14.0. The first-order valence-electron chi connectivity index (χ1n) is 7.13. The molecular weight excluding hydrogens is 355 g/mol. The van der Waals surface area contributed by atoms with E-state index in [0.717, 1.165) is 12.1 Å². The fraction of sp³-hybridized carbons (Fsp3) is 0.312. The number of halogens is 1. The average molecular weight is 372 g/mol. The molecule has 0 heterocycles. The van der Waals surface area contributed by atoms with Crippen LogP contribution in [0.25, 0.3) is 0 Å². The van der Waals surface area contributed by atoms with Crippen LogP contribution >= 0.6 is 11.8 Å². The van der Waals surface area contributed by atoms with E-state index in [9.17, 15) is 34.1 Å². The summed E-state index contributed by atoms with van der Waals surface area (Å²) in [6.07, 6.45) is 2.39. The average Bonchev–Trinajstić information content (AvgIpc) is 2.55. The molecule has 1 aromatic carbocycles. The van der Waals surface area contributed by atoms with E-state index < -0.39 is 34.6 Å². The molecule has 0 saturated carbocycles. The third-order valence-corrected chi connectivity index (χ3v) is 4.43. The van der Waals surface area contributed by atoms with E-state index in [-0.39, 0.29) is 17.9 Å². The molecule has 1 unspecified atom stereocenters. The van der Waals surface area contributed by atoms with Gasteiger partial charge in [0.2, 0.25) is 0 Å². The van der Waals surface area contributed by atoms with Crippen LogP contribution in [0.1, 0.15) is 17.7 Å². The Kier molecular flexibility index (Phi) is 7.59. The van der Waals surface area contributed by atoms with Crippen molar-refractivity contribution < 1.29 is 38.8 Å². The number of hydrogen-bond acceptors (Lipinski definition) is 6. The molecular formula is C16H17FO7S. The van der Waals surface area contributed by atoms with Crippen molar-refractivity contribution in [3.8, 4) is 0 Å². The third kappa shape index (κ3) is 5.04. The van der Waals surface area contributed by atoms with Crippen molar-refractivity contribution in [3.63, 3.8) is 0 Å². The van der Waals surface area contributed by atoms with Crippen LogP contribution in [0.5, 0.6) is 0 Å². The van der Waals surface area contributed by atoms with Gasteiger partial charge in [-0.3, -0.25) is 0 Å². The largest absolute Gasteiger partial charge is 0.479 e. The Hall–Kier alpha value is -2.39. The van der Waals surface area contributed by atoms with Crippen LogP contribution < -0.4 is 0 Å². The lowest BCUT2D eigenvalue weighted by Crippen LogP contribution is -2.51. The zero-order chi connectivity index (χ0) is 19.0. The highest BCUT2D eigenvalue weighted by Gasteiger charge is 2.53. The summed E-state index contributed by atoms with van der Waals surface area (Å²) in [5, 5.41) is 26.9. The molecule has 0 radical (unpaired) electrons. The number of rotatable bonds is 9. The molecule has 136 valence electrons. The molecule has 0 bridgehead atoms. The highest BCUT2D eigenvalue weighted by atomic mass is 32.2. The van der Waals surface area contributed by atoms with Gasteiger partial charge in [0.25, 0.3) is 5.60 Å². The van der Waals surface area contributed by atoms with Crippen LogP contribution in [0.2, 0.25) is 0 Å². The first-order valence-corrected chi connectivity index (χ1v) is 8.18. The number of thioether (sulfide) groups is 1. The number of carbonyl (C=O) groups is 3. The Morgan fingerprint density at radius 2 is 1.88 bits per heavy atom. The number of esters is 1. The van der Waals surface area contributed by atoms with Crippen molar-refractivity contribution in [1.29, 1.82) is 0 Å². The second-order valence-corrected chi connectivity index (χ2v) is 5.90. The third-order valence-electron chi connectivity index (χ3n) is 3.12. The number of hydrogen-bond donors (Lipinski definition) is 3. The highest BCUT2D eigenvalue weighted by molar-refractivity contribution is 7.99. The molecule has 25 heavy (non-hydrogen) atoms. The molecule has 0 spiro atoms. The minimum atomic E-state index is -3.25. The van der Waals surface area contributed by atoms with Gasteiger partial charge in [0, 0.05) is 17.4 Å². The number of ether oxygens (including phenoxy) is 1. The Morgan fingerprint density at radius 3 is 2.40 bits per heavy atom. The van der Waals surface area contributed by atoms with Crippen molar-refractivity contribution >= 4 is 29.7 Å². The van der Waals surface area contributed by atoms with Crippen LogP contribution in [0.4, 0.5) is 4.39 Å². The number of carboxylic acids is 2. The normalized spacial score (nSPS) is 12.8. The minimum Gasteiger partial charge on any atom is -0.479 e. The van der Waals surface area contributed by atoms with Gasteiger partial charge in [-0.25, -0.2) is 18.8 Å². The quantitative estimate of drug-likeness (QED) is 0.340. The summed E-state index contributed by atoms with van der Waals surface area (Å²) in [6, 6.07) is 4.97. The van der Waals surface area contributed by atoms with Gasteiger partial charge >= 0.3 is 17.9 Å².